The smallest absolute Gasteiger partial charge is 0.416 e. The van der Waals surface area contributed by atoms with Crippen LogP contribution in [0.3, 0.4) is 0 Å². The van der Waals surface area contributed by atoms with Gasteiger partial charge in [-0.2, -0.15) is 28.2 Å². The van der Waals surface area contributed by atoms with Crippen LogP contribution >= 0.6 is 0 Å². The highest BCUT2D eigenvalue weighted by atomic mass is 19.4. The van der Waals surface area contributed by atoms with Gasteiger partial charge < -0.3 is 9.47 Å². The van der Waals surface area contributed by atoms with E-state index in [1.54, 1.807) is 42.5 Å². The highest BCUT2D eigenvalue weighted by molar-refractivity contribution is 5.86. The molecule has 0 amide bonds. The van der Waals surface area contributed by atoms with Crippen molar-refractivity contribution in [2.45, 2.75) is 6.18 Å². The summed E-state index contributed by atoms with van der Waals surface area (Å²) >= 11 is 0. The van der Waals surface area contributed by atoms with Crippen molar-refractivity contribution in [1.82, 2.24) is 9.66 Å². The Morgan fingerprint density at radius 3 is 2.63 bits per heavy atom. The molecular weight excluding hydrogens is 461 g/mol. The standard InChI is InChI=1S/C25H17F3N4O3/c1-34-21-11-5-7-17(22(21)35-13-12-29)15-30-32-23(16-6-4-8-18(14-16)25(26,27)28)31-20-10-3-2-9-19(20)24(32)33/h2-11,14-15H,13H2,1H3. The number of halogens is 3. The lowest BCUT2D eigenvalue weighted by atomic mass is 10.1. The van der Waals surface area contributed by atoms with Crippen molar-refractivity contribution in [3.8, 4) is 29.0 Å². The summed E-state index contributed by atoms with van der Waals surface area (Å²) in [6.45, 7) is -0.256. The van der Waals surface area contributed by atoms with Gasteiger partial charge in [0.15, 0.2) is 23.9 Å². The fourth-order valence-electron chi connectivity index (χ4n) is 3.43. The molecule has 0 atom stereocenters. The highest BCUT2D eigenvalue weighted by Gasteiger charge is 2.31. The molecule has 0 bridgehead atoms. The van der Waals surface area contributed by atoms with E-state index in [2.05, 4.69) is 10.1 Å². The topological polar surface area (TPSA) is 89.5 Å². The summed E-state index contributed by atoms with van der Waals surface area (Å²) in [4.78, 5) is 17.7. The molecule has 7 nitrogen and oxygen atoms in total. The summed E-state index contributed by atoms with van der Waals surface area (Å²) in [6.07, 6.45) is -3.28. The van der Waals surface area contributed by atoms with E-state index < -0.39 is 17.3 Å². The molecule has 4 aromatic rings. The van der Waals surface area contributed by atoms with Gasteiger partial charge in [-0.05, 0) is 36.4 Å². The van der Waals surface area contributed by atoms with Crippen LogP contribution in [0.5, 0.6) is 11.5 Å². The van der Waals surface area contributed by atoms with Crippen LogP contribution in [0.25, 0.3) is 22.3 Å². The Morgan fingerprint density at radius 1 is 1.11 bits per heavy atom. The molecule has 0 saturated carbocycles. The Hall–Kier alpha value is -4.65. The van der Waals surface area contributed by atoms with Crippen LogP contribution in [0.1, 0.15) is 11.1 Å². The Bertz CT molecular complexity index is 1520. The first-order chi connectivity index (χ1) is 16.8. The molecule has 0 fully saturated rings. The van der Waals surface area contributed by atoms with Gasteiger partial charge in [0.1, 0.15) is 6.07 Å². The first kappa shape index (κ1) is 23.5. The van der Waals surface area contributed by atoms with Gasteiger partial charge in [-0.15, -0.1) is 0 Å². The number of ether oxygens (including phenoxy) is 2. The lowest BCUT2D eigenvalue weighted by molar-refractivity contribution is -0.137. The molecule has 0 aliphatic rings. The van der Waals surface area contributed by atoms with Gasteiger partial charge >= 0.3 is 6.18 Å². The third-order valence-corrected chi connectivity index (χ3v) is 5.02. The number of nitrogens with zero attached hydrogens (tertiary/aromatic N) is 4. The molecular formula is C25H17F3N4O3. The highest BCUT2D eigenvalue weighted by Crippen LogP contribution is 2.32. The zero-order chi connectivity index (χ0) is 25.0. The van der Waals surface area contributed by atoms with E-state index >= 15 is 0 Å². The molecule has 0 unspecified atom stereocenters. The van der Waals surface area contributed by atoms with Crippen molar-refractivity contribution in [3.05, 3.63) is 88.2 Å². The molecule has 10 heteroatoms. The molecule has 4 rings (SSSR count). The summed E-state index contributed by atoms with van der Waals surface area (Å²) in [7, 11) is 1.43. The lowest BCUT2D eigenvalue weighted by Gasteiger charge is -2.13. The zero-order valence-corrected chi connectivity index (χ0v) is 18.3. The summed E-state index contributed by atoms with van der Waals surface area (Å²) in [5.74, 6) is 0.493. The number of benzene rings is 3. The van der Waals surface area contributed by atoms with Crippen LogP contribution in [0.15, 0.2) is 76.6 Å². The maximum absolute atomic E-state index is 13.3. The monoisotopic (exact) mass is 478 g/mol. The minimum Gasteiger partial charge on any atom is -0.493 e. The predicted octanol–water partition coefficient (Wildman–Crippen LogP) is 4.88. The SMILES string of the molecule is COc1cccc(C=Nn2c(-c3cccc(C(F)(F)F)c3)nc3ccccc3c2=O)c1OCC#N. The molecule has 0 radical (unpaired) electrons. The van der Waals surface area contributed by atoms with Crippen molar-refractivity contribution < 1.29 is 22.6 Å². The number of hydrogen-bond donors (Lipinski definition) is 0. The summed E-state index contributed by atoms with van der Waals surface area (Å²) in [5.41, 5.74) is -0.688. The van der Waals surface area contributed by atoms with Gasteiger partial charge in [0.25, 0.3) is 5.56 Å². The molecule has 35 heavy (non-hydrogen) atoms. The second-order valence-corrected chi connectivity index (χ2v) is 7.22. The molecule has 176 valence electrons. The maximum atomic E-state index is 13.3. The van der Waals surface area contributed by atoms with E-state index in [0.717, 1.165) is 16.8 Å². The average Bonchev–Trinajstić information content (AvgIpc) is 2.86. The Morgan fingerprint density at radius 2 is 1.89 bits per heavy atom. The minimum atomic E-state index is -4.57. The summed E-state index contributed by atoms with van der Waals surface area (Å²) < 4.78 is 51.7. The molecule has 0 aliphatic carbocycles. The third-order valence-electron chi connectivity index (χ3n) is 5.02. The fourth-order valence-corrected chi connectivity index (χ4v) is 3.43. The van der Waals surface area contributed by atoms with Crippen LogP contribution in [-0.2, 0) is 6.18 Å². The summed E-state index contributed by atoms with van der Waals surface area (Å²) in [6, 6.07) is 17.8. The molecule has 0 N–H and O–H groups in total. The summed E-state index contributed by atoms with van der Waals surface area (Å²) in [5, 5.41) is 13.4. The number of methoxy groups -OCH3 is 1. The normalized spacial score (nSPS) is 11.5. The van der Waals surface area contributed by atoms with E-state index in [1.807, 2.05) is 6.07 Å². The third kappa shape index (κ3) is 4.84. The molecule has 0 saturated heterocycles. The molecule has 3 aromatic carbocycles. The quantitative estimate of drug-likeness (QED) is 0.369. The second kappa shape index (κ2) is 9.69. The van der Waals surface area contributed by atoms with Crippen molar-refractivity contribution in [1.29, 1.82) is 5.26 Å². The number of hydrogen-bond acceptors (Lipinski definition) is 6. The number of rotatable bonds is 6. The van der Waals surface area contributed by atoms with E-state index in [0.29, 0.717) is 16.8 Å². The number of alkyl halides is 3. The van der Waals surface area contributed by atoms with Crippen molar-refractivity contribution in [2.24, 2.45) is 5.10 Å². The van der Waals surface area contributed by atoms with Gasteiger partial charge in [-0.3, -0.25) is 4.79 Å². The Kier molecular flexibility index (Phi) is 6.51. The Balaban J connectivity index is 1.92. The van der Waals surface area contributed by atoms with Crippen LogP contribution in [-0.4, -0.2) is 29.6 Å². The zero-order valence-electron chi connectivity index (χ0n) is 18.3. The number of aromatic nitrogens is 2. The van der Waals surface area contributed by atoms with Crippen LogP contribution in [0.4, 0.5) is 13.2 Å². The van der Waals surface area contributed by atoms with Crippen LogP contribution < -0.4 is 15.0 Å². The van der Waals surface area contributed by atoms with E-state index in [1.165, 1.54) is 25.5 Å². The van der Waals surface area contributed by atoms with Gasteiger partial charge in [-0.1, -0.05) is 30.3 Å². The van der Waals surface area contributed by atoms with Gasteiger partial charge in [-0.25, -0.2) is 4.98 Å². The first-order valence-corrected chi connectivity index (χ1v) is 10.2. The van der Waals surface area contributed by atoms with E-state index in [9.17, 15) is 18.0 Å². The number of fused-ring (bicyclic) bond motifs is 1. The molecule has 1 heterocycles. The Labute approximate surface area is 197 Å². The van der Waals surface area contributed by atoms with Gasteiger partial charge in [0.05, 0.1) is 29.8 Å². The van der Waals surface area contributed by atoms with Gasteiger partial charge in [0, 0.05) is 11.1 Å². The van der Waals surface area contributed by atoms with E-state index in [4.69, 9.17) is 14.7 Å². The molecule has 1 aromatic heterocycles. The van der Waals surface area contributed by atoms with Crippen molar-refractivity contribution in [2.75, 3.05) is 13.7 Å². The first-order valence-electron chi connectivity index (χ1n) is 10.2. The predicted molar refractivity (Wildman–Crippen MR) is 124 cm³/mol. The van der Waals surface area contributed by atoms with Gasteiger partial charge in [0.2, 0.25) is 0 Å². The fraction of sp³-hybridized carbons (Fsp3) is 0.120. The van der Waals surface area contributed by atoms with Crippen molar-refractivity contribution in [3.63, 3.8) is 0 Å². The maximum Gasteiger partial charge on any atom is 0.416 e. The lowest BCUT2D eigenvalue weighted by Crippen LogP contribution is -2.20. The van der Waals surface area contributed by atoms with E-state index in [-0.39, 0.29) is 29.1 Å². The van der Waals surface area contributed by atoms with Crippen LogP contribution in [0.2, 0.25) is 0 Å². The molecule has 0 spiro atoms. The van der Waals surface area contributed by atoms with Crippen molar-refractivity contribution >= 4 is 17.1 Å². The average molecular weight is 478 g/mol. The molecule has 0 aliphatic heterocycles. The second-order valence-electron chi connectivity index (χ2n) is 7.22. The largest absolute Gasteiger partial charge is 0.493 e. The number of para-hydroxylation sites is 2. The number of nitriles is 1. The van der Waals surface area contributed by atoms with Crippen LogP contribution in [0, 0.1) is 11.3 Å². The minimum absolute atomic E-state index is 0.0615.